The van der Waals surface area contributed by atoms with E-state index in [2.05, 4.69) is 47.4 Å². The van der Waals surface area contributed by atoms with Crippen molar-refractivity contribution in [2.24, 2.45) is 5.92 Å². The van der Waals surface area contributed by atoms with Crippen molar-refractivity contribution in [3.8, 4) is 6.07 Å². The molecule has 1 fully saturated rings. The van der Waals surface area contributed by atoms with Gasteiger partial charge >= 0.3 is 0 Å². The molecule has 1 aromatic heterocycles. The molecule has 2 aromatic rings. The van der Waals surface area contributed by atoms with Crippen molar-refractivity contribution < 1.29 is 4.52 Å². The monoisotopic (exact) mass is 239 g/mol. The second-order valence-corrected chi connectivity index (χ2v) is 4.79. The Kier molecular flexibility index (Phi) is 2.60. The fourth-order valence-corrected chi connectivity index (χ4v) is 1.99. The Morgan fingerprint density at radius 3 is 2.83 bits per heavy atom. The average Bonchev–Trinajstić information content (AvgIpc) is 3.04. The molecule has 0 saturated heterocycles. The Hall–Kier alpha value is -2.15. The Morgan fingerprint density at radius 1 is 1.39 bits per heavy atom. The van der Waals surface area contributed by atoms with E-state index in [1.165, 1.54) is 11.1 Å². The van der Waals surface area contributed by atoms with Crippen LogP contribution in [0.1, 0.15) is 35.2 Å². The number of hydrogen-bond donors (Lipinski definition) is 0. The van der Waals surface area contributed by atoms with Crippen molar-refractivity contribution in [2.45, 2.75) is 25.7 Å². The normalized spacial score (nSPS) is 21.6. The SMILES string of the molecule is Cc1ccc(Cc2noc(C3CC3C#N)n2)cc1. The van der Waals surface area contributed by atoms with Gasteiger partial charge in [-0.2, -0.15) is 10.2 Å². The molecule has 0 aliphatic heterocycles. The summed E-state index contributed by atoms with van der Waals surface area (Å²) in [6.45, 7) is 2.06. The molecule has 0 amide bonds. The summed E-state index contributed by atoms with van der Waals surface area (Å²) in [6, 6.07) is 10.5. The number of hydrogen-bond acceptors (Lipinski definition) is 4. The third-order valence-corrected chi connectivity index (χ3v) is 3.24. The Balaban J connectivity index is 1.71. The maximum atomic E-state index is 8.77. The lowest BCUT2D eigenvalue weighted by atomic mass is 10.1. The van der Waals surface area contributed by atoms with E-state index in [0.717, 1.165) is 6.42 Å². The number of rotatable bonds is 3. The van der Waals surface area contributed by atoms with Crippen molar-refractivity contribution in [3.05, 3.63) is 47.1 Å². The van der Waals surface area contributed by atoms with E-state index in [4.69, 9.17) is 9.78 Å². The highest BCUT2D eigenvalue weighted by Gasteiger charge is 2.43. The van der Waals surface area contributed by atoms with E-state index in [1.807, 2.05) is 0 Å². The molecule has 1 aliphatic rings. The molecule has 1 aromatic carbocycles. The lowest BCUT2D eigenvalue weighted by Crippen LogP contribution is -1.91. The molecule has 0 N–H and O–H groups in total. The van der Waals surface area contributed by atoms with Gasteiger partial charge in [0, 0.05) is 6.42 Å². The molecule has 1 heterocycles. The Morgan fingerprint density at radius 2 is 2.17 bits per heavy atom. The Labute approximate surface area is 105 Å². The van der Waals surface area contributed by atoms with Crippen LogP contribution in [-0.4, -0.2) is 10.1 Å². The molecule has 0 bridgehead atoms. The second kappa shape index (κ2) is 4.26. The van der Waals surface area contributed by atoms with Crippen LogP contribution in [0.5, 0.6) is 0 Å². The van der Waals surface area contributed by atoms with Crippen LogP contribution in [0.2, 0.25) is 0 Å². The van der Waals surface area contributed by atoms with E-state index >= 15 is 0 Å². The van der Waals surface area contributed by atoms with Gasteiger partial charge in [0.2, 0.25) is 5.89 Å². The van der Waals surface area contributed by atoms with Crippen molar-refractivity contribution in [1.82, 2.24) is 10.1 Å². The second-order valence-electron chi connectivity index (χ2n) is 4.79. The van der Waals surface area contributed by atoms with Crippen molar-refractivity contribution >= 4 is 0 Å². The summed E-state index contributed by atoms with van der Waals surface area (Å²) in [6.07, 6.45) is 1.52. The minimum absolute atomic E-state index is 0.0673. The number of benzene rings is 1. The Bertz CT molecular complexity index is 594. The minimum Gasteiger partial charge on any atom is -0.339 e. The van der Waals surface area contributed by atoms with Crippen LogP contribution in [0.25, 0.3) is 0 Å². The van der Waals surface area contributed by atoms with Gasteiger partial charge in [0.15, 0.2) is 5.82 Å². The zero-order valence-corrected chi connectivity index (χ0v) is 10.1. The molecule has 0 spiro atoms. The van der Waals surface area contributed by atoms with E-state index < -0.39 is 0 Å². The largest absolute Gasteiger partial charge is 0.339 e. The van der Waals surface area contributed by atoms with Gasteiger partial charge in [0.05, 0.1) is 17.9 Å². The van der Waals surface area contributed by atoms with Crippen LogP contribution in [0, 0.1) is 24.2 Å². The maximum Gasteiger partial charge on any atom is 0.231 e. The molecule has 4 heteroatoms. The van der Waals surface area contributed by atoms with Gasteiger partial charge in [-0.15, -0.1) is 0 Å². The van der Waals surface area contributed by atoms with Gasteiger partial charge in [-0.3, -0.25) is 0 Å². The number of aromatic nitrogens is 2. The summed E-state index contributed by atoms with van der Waals surface area (Å²) in [7, 11) is 0. The number of nitriles is 1. The first-order valence-corrected chi connectivity index (χ1v) is 6.04. The van der Waals surface area contributed by atoms with Crippen LogP contribution in [0.3, 0.4) is 0 Å². The standard InChI is InChI=1S/C14H13N3O/c1-9-2-4-10(5-3-9)6-13-16-14(18-17-13)12-7-11(12)8-15/h2-5,11-12H,6-7H2,1H3. The van der Waals surface area contributed by atoms with E-state index in [0.29, 0.717) is 18.1 Å². The van der Waals surface area contributed by atoms with Gasteiger partial charge in [-0.05, 0) is 18.9 Å². The zero-order chi connectivity index (χ0) is 12.5. The van der Waals surface area contributed by atoms with Crippen LogP contribution in [0.4, 0.5) is 0 Å². The fourth-order valence-electron chi connectivity index (χ4n) is 1.99. The van der Waals surface area contributed by atoms with Crippen LogP contribution in [0.15, 0.2) is 28.8 Å². The molecule has 4 nitrogen and oxygen atoms in total. The third kappa shape index (κ3) is 2.12. The molecule has 2 unspecified atom stereocenters. The lowest BCUT2D eigenvalue weighted by molar-refractivity contribution is 0.373. The lowest BCUT2D eigenvalue weighted by Gasteiger charge is -1.96. The molecule has 1 saturated carbocycles. The zero-order valence-electron chi connectivity index (χ0n) is 10.1. The van der Waals surface area contributed by atoms with Gasteiger partial charge in [-0.1, -0.05) is 35.0 Å². The smallest absolute Gasteiger partial charge is 0.231 e. The number of nitrogens with zero attached hydrogens (tertiary/aromatic N) is 3. The molecular formula is C14H13N3O. The van der Waals surface area contributed by atoms with Crippen LogP contribution < -0.4 is 0 Å². The highest BCUT2D eigenvalue weighted by molar-refractivity contribution is 5.24. The first-order valence-electron chi connectivity index (χ1n) is 6.04. The van der Waals surface area contributed by atoms with Crippen molar-refractivity contribution in [1.29, 1.82) is 5.26 Å². The summed E-state index contributed by atoms with van der Waals surface area (Å²) in [5.74, 6) is 1.54. The quantitative estimate of drug-likeness (QED) is 0.825. The topological polar surface area (TPSA) is 62.7 Å². The van der Waals surface area contributed by atoms with Crippen molar-refractivity contribution in [3.63, 3.8) is 0 Å². The molecule has 3 rings (SSSR count). The maximum absolute atomic E-state index is 8.77. The molecule has 2 atom stereocenters. The van der Waals surface area contributed by atoms with Crippen LogP contribution in [-0.2, 0) is 6.42 Å². The van der Waals surface area contributed by atoms with Crippen molar-refractivity contribution in [2.75, 3.05) is 0 Å². The summed E-state index contributed by atoms with van der Waals surface area (Å²) < 4.78 is 5.20. The highest BCUT2D eigenvalue weighted by atomic mass is 16.5. The van der Waals surface area contributed by atoms with Gasteiger partial charge in [-0.25, -0.2) is 0 Å². The number of aryl methyl sites for hydroxylation is 1. The first kappa shape index (κ1) is 11.0. The van der Waals surface area contributed by atoms with E-state index in [1.54, 1.807) is 0 Å². The summed E-state index contributed by atoms with van der Waals surface area (Å²) in [4.78, 5) is 4.36. The third-order valence-electron chi connectivity index (χ3n) is 3.24. The minimum atomic E-state index is 0.0673. The van der Waals surface area contributed by atoms with Gasteiger partial charge in [0.25, 0.3) is 0 Å². The fraction of sp³-hybridized carbons (Fsp3) is 0.357. The predicted octanol–water partition coefficient (Wildman–Crippen LogP) is 2.60. The average molecular weight is 239 g/mol. The predicted molar refractivity (Wildman–Crippen MR) is 64.7 cm³/mol. The van der Waals surface area contributed by atoms with Gasteiger partial charge in [0.1, 0.15) is 0 Å². The molecular weight excluding hydrogens is 226 g/mol. The highest BCUT2D eigenvalue weighted by Crippen LogP contribution is 2.45. The molecule has 1 aliphatic carbocycles. The molecule has 0 radical (unpaired) electrons. The summed E-state index contributed by atoms with van der Waals surface area (Å²) in [5.41, 5.74) is 2.41. The van der Waals surface area contributed by atoms with E-state index in [9.17, 15) is 0 Å². The summed E-state index contributed by atoms with van der Waals surface area (Å²) >= 11 is 0. The van der Waals surface area contributed by atoms with Crippen LogP contribution >= 0.6 is 0 Å². The van der Waals surface area contributed by atoms with Gasteiger partial charge < -0.3 is 4.52 Å². The summed E-state index contributed by atoms with van der Waals surface area (Å²) in [5, 5.41) is 12.7. The molecule has 90 valence electrons. The molecule has 18 heavy (non-hydrogen) atoms. The van der Waals surface area contributed by atoms with E-state index in [-0.39, 0.29) is 11.8 Å². The first-order chi connectivity index (χ1) is 8.76.